The Morgan fingerprint density at radius 3 is 1.00 bits per heavy atom. The van der Waals surface area contributed by atoms with Crippen LogP contribution in [-0.2, 0) is 0 Å². The van der Waals surface area contributed by atoms with Crippen molar-refractivity contribution in [2.24, 2.45) is 0 Å². The van der Waals surface area contributed by atoms with Gasteiger partial charge in [-0.2, -0.15) is 0 Å². The molecule has 0 heterocycles. The average molecular weight is 133 g/mol. The van der Waals surface area contributed by atoms with Crippen LogP contribution in [0.5, 0.6) is 0 Å². The lowest BCUT2D eigenvalue weighted by molar-refractivity contribution is 0.321. The fraction of sp³-hybridized carbons (Fsp3) is 1.00. The van der Waals surface area contributed by atoms with Crippen molar-refractivity contribution >= 4 is 0 Å². The molecule has 0 rings (SSSR count). The van der Waals surface area contributed by atoms with Gasteiger partial charge in [-0.3, -0.25) is 0 Å². The second-order valence-corrected chi connectivity index (χ2v) is 1.62. The van der Waals surface area contributed by atoms with Crippen molar-refractivity contribution in [3.8, 4) is 0 Å². The maximum Gasteiger partial charge on any atom is -0.00474 e. The Bertz CT molecular complexity index is 26.0. The summed E-state index contributed by atoms with van der Waals surface area (Å²) < 4.78 is 0. The predicted molar refractivity (Wildman–Crippen MR) is 46.9 cm³/mol. The van der Waals surface area contributed by atoms with E-state index in [9.17, 15) is 0 Å². The smallest absolute Gasteiger partial charge is 0.00474 e. The van der Waals surface area contributed by atoms with Crippen molar-refractivity contribution in [2.75, 3.05) is 19.6 Å². The normalized spacial score (nSPS) is 8.00. The quantitative estimate of drug-likeness (QED) is 0.572. The predicted octanol–water partition coefficient (Wildman–Crippen LogP) is 2.62. The molecular weight excluding hydrogens is 110 g/mol. The molecule has 0 radical (unpaired) electrons. The fourth-order valence-electron chi connectivity index (χ4n) is 0.671. The van der Waals surface area contributed by atoms with E-state index in [2.05, 4.69) is 25.7 Å². The van der Waals surface area contributed by atoms with Gasteiger partial charge in [0.2, 0.25) is 0 Å². The van der Waals surface area contributed by atoms with Gasteiger partial charge in [0.25, 0.3) is 0 Å². The molecule has 0 saturated carbocycles. The summed E-state index contributed by atoms with van der Waals surface area (Å²) in [5, 5.41) is 0. The molecule has 0 fully saturated rings. The highest BCUT2D eigenvalue weighted by Gasteiger charge is 1.89. The molecule has 0 aromatic rings. The molecule has 0 aromatic carbocycles. The minimum Gasteiger partial charge on any atom is -0.304 e. The third kappa shape index (κ3) is 7.96. The molecule has 0 aromatic heterocycles. The van der Waals surface area contributed by atoms with Gasteiger partial charge in [0.15, 0.2) is 0 Å². The van der Waals surface area contributed by atoms with Crippen molar-refractivity contribution in [1.29, 1.82) is 0 Å². The zero-order valence-electron chi connectivity index (χ0n) is 5.57. The van der Waals surface area contributed by atoms with E-state index >= 15 is 0 Å². The summed E-state index contributed by atoms with van der Waals surface area (Å²) in [6.45, 7) is 10.1. The highest BCUT2D eigenvalue weighted by molar-refractivity contribution is 4.43. The Morgan fingerprint density at radius 1 is 0.778 bits per heavy atom. The third-order valence-corrected chi connectivity index (χ3v) is 1.34. The van der Waals surface area contributed by atoms with Crippen LogP contribution in [0.15, 0.2) is 0 Å². The number of hydrogen-bond acceptors (Lipinski definition) is 1. The van der Waals surface area contributed by atoms with E-state index in [1.54, 1.807) is 0 Å². The van der Waals surface area contributed by atoms with E-state index in [-0.39, 0.29) is 14.9 Å². The maximum atomic E-state index is 2.38. The summed E-state index contributed by atoms with van der Waals surface area (Å²) in [5.41, 5.74) is 0. The lowest BCUT2D eigenvalue weighted by Crippen LogP contribution is -2.21. The van der Waals surface area contributed by atoms with E-state index < -0.39 is 0 Å². The SMILES string of the molecule is C.C.CCN(CC)CC. The van der Waals surface area contributed by atoms with Gasteiger partial charge in [-0.05, 0) is 19.6 Å². The minimum atomic E-state index is 0. The molecule has 0 amide bonds. The Morgan fingerprint density at radius 2 is 1.00 bits per heavy atom. The van der Waals surface area contributed by atoms with Gasteiger partial charge in [-0.1, -0.05) is 35.6 Å². The summed E-state index contributed by atoms with van der Waals surface area (Å²) in [6, 6.07) is 0. The first-order valence-corrected chi connectivity index (χ1v) is 3.07. The molecule has 60 valence electrons. The Hall–Kier alpha value is -0.0400. The summed E-state index contributed by atoms with van der Waals surface area (Å²) in [7, 11) is 0. The lowest BCUT2D eigenvalue weighted by atomic mass is 10.5. The monoisotopic (exact) mass is 133 g/mol. The molecular formula is C8H23N. The van der Waals surface area contributed by atoms with Gasteiger partial charge in [-0.15, -0.1) is 0 Å². The van der Waals surface area contributed by atoms with Crippen molar-refractivity contribution in [3.05, 3.63) is 0 Å². The second-order valence-electron chi connectivity index (χ2n) is 1.62. The Labute approximate surface area is 61.1 Å². The van der Waals surface area contributed by atoms with Gasteiger partial charge >= 0.3 is 0 Å². The van der Waals surface area contributed by atoms with E-state index in [1.807, 2.05) is 0 Å². The van der Waals surface area contributed by atoms with Crippen molar-refractivity contribution in [3.63, 3.8) is 0 Å². The lowest BCUT2D eigenvalue weighted by Gasteiger charge is -2.13. The molecule has 0 spiro atoms. The van der Waals surface area contributed by atoms with Crippen molar-refractivity contribution in [1.82, 2.24) is 4.90 Å². The molecule has 0 aliphatic heterocycles. The first-order chi connectivity index (χ1) is 3.35. The van der Waals surface area contributed by atoms with Crippen LogP contribution >= 0.6 is 0 Å². The molecule has 0 saturated heterocycles. The summed E-state index contributed by atoms with van der Waals surface area (Å²) >= 11 is 0. The summed E-state index contributed by atoms with van der Waals surface area (Å²) in [5.74, 6) is 0. The van der Waals surface area contributed by atoms with Crippen LogP contribution in [0, 0.1) is 0 Å². The van der Waals surface area contributed by atoms with Crippen LogP contribution in [-0.4, -0.2) is 24.5 Å². The van der Waals surface area contributed by atoms with E-state index in [0.29, 0.717) is 0 Å². The molecule has 0 unspecified atom stereocenters. The van der Waals surface area contributed by atoms with Gasteiger partial charge in [-0.25, -0.2) is 0 Å². The number of hydrogen-bond donors (Lipinski definition) is 0. The molecule has 0 aliphatic carbocycles. The molecule has 1 nitrogen and oxygen atoms in total. The topological polar surface area (TPSA) is 3.24 Å². The zero-order chi connectivity index (χ0) is 5.70. The van der Waals surface area contributed by atoms with Crippen LogP contribution in [0.3, 0.4) is 0 Å². The Balaban J connectivity index is -0.000000180. The molecule has 0 aliphatic rings. The molecule has 9 heavy (non-hydrogen) atoms. The molecule has 1 heteroatoms. The number of rotatable bonds is 3. The van der Waals surface area contributed by atoms with Gasteiger partial charge in [0.1, 0.15) is 0 Å². The van der Waals surface area contributed by atoms with Crippen LogP contribution in [0.25, 0.3) is 0 Å². The van der Waals surface area contributed by atoms with Crippen LogP contribution in [0.1, 0.15) is 35.6 Å². The van der Waals surface area contributed by atoms with E-state index in [4.69, 9.17) is 0 Å². The first-order valence-electron chi connectivity index (χ1n) is 3.07. The standard InChI is InChI=1S/C6H15N.2CH4/c1-4-7(5-2)6-3;;/h4-6H2,1-3H3;2*1H4. The highest BCUT2D eigenvalue weighted by Crippen LogP contribution is 1.81. The largest absolute Gasteiger partial charge is 0.304 e. The van der Waals surface area contributed by atoms with E-state index in [1.165, 1.54) is 19.6 Å². The van der Waals surface area contributed by atoms with E-state index in [0.717, 1.165) is 0 Å². The third-order valence-electron chi connectivity index (χ3n) is 1.34. The Kier molecular flexibility index (Phi) is 19.3. The maximum absolute atomic E-state index is 2.38. The van der Waals surface area contributed by atoms with Crippen LogP contribution in [0.2, 0.25) is 0 Å². The summed E-state index contributed by atoms with van der Waals surface area (Å²) in [4.78, 5) is 2.38. The first kappa shape index (κ1) is 16.0. The van der Waals surface area contributed by atoms with Gasteiger partial charge < -0.3 is 4.90 Å². The second kappa shape index (κ2) is 10.9. The molecule has 0 bridgehead atoms. The minimum absolute atomic E-state index is 0. The van der Waals surface area contributed by atoms with Crippen LogP contribution in [0.4, 0.5) is 0 Å². The summed E-state index contributed by atoms with van der Waals surface area (Å²) in [6.07, 6.45) is 0. The van der Waals surface area contributed by atoms with Crippen molar-refractivity contribution < 1.29 is 0 Å². The van der Waals surface area contributed by atoms with Gasteiger partial charge in [0.05, 0.1) is 0 Å². The molecule has 0 atom stereocenters. The van der Waals surface area contributed by atoms with Crippen LogP contribution < -0.4 is 0 Å². The van der Waals surface area contributed by atoms with Gasteiger partial charge in [0, 0.05) is 0 Å². The highest BCUT2D eigenvalue weighted by atomic mass is 15.1. The number of nitrogens with zero attached hydrogens (tertiary/aromatic N) is 1. The van der Waals surface area contributed by atoms with Crippen molar-refractivity contribution in [2.45, 2.75) is 35.6 Å². The zero-order valence-corrected chi connectivity index (χ0v) is 5.57. The average Bonchev–Trinajstić information content (AvgIpc) is 1.72. The fourth-order valence-corrected chi connectivity index (χ4v) is 0.671. The molecule has 0 N–H and O–H groups in total.